The highest BCUT2D eigenvalue weighted by atomic mass is 19.4. The second-order valence-corrected chi connectivity index (χ2v) is 8.07. The minimum Gasteiger partial charge on any atom is -0.493 e. The van der Waals surface area contributed by atoms with Crippen LogP contribution in [0.4, 0.5) is 24.5 Å². The first-order chi connectivity index (χ1) is 15.7. The Morgan fingerprint density at radius 1 is 1.12 bits per heavy atom. The molecule has 0 amide bonds. The fraction of sp³-hybridized carbons (Fsp3) is 0.333. The summed E-state index contributed by atoms with van der Waals surface area (Å²) in [6.45, 7) is 7.99. The number of hydrogen-bond donors (Lipinski definition) is 1. The summed E-state index contributed by atoms with van der Waals surface area (Å²) in [6, 6.07) is 11.8. The zero-order chi connectivity index (χ0) is 23.6. The molecule has 1 N–H and O–H groups in total. The van der Waals surface area contributed by atoms with Gasteiger partial charge in [-0.1, -0.05) is 6.07 Å². The molecule has 1 saturated heterocycles. The molecule has 2 aromatic carbocycles. The van der Waals surface area contributed by atoms with Crippen LogP contribution in [0.25, 0.3) is 15.8 Å². The molecule has 0 atom stereocenters. The van der Waals surface area contributed by atoms with E-state index in [1.807, 2.05) is 0 Å². The Balaban J connectivity index is 1.35. The van der Waals surface area contributed by atoms with E-state index in [1.54, 1.807) is 29.2 Å². The highest BCUT2D eigenvalue weighted by Crippen LogP contribution is 2.39. The van der Waals surface area contributed by atoms with E-state index in [2.05, 4.69) is 4.85 Å². The van der Waals surface area contributed by atoms with Gasteiger partial charge in [-0.2, -0.15) is 13.2 Å². The number of piperidine rings is 1. The number of rotatable bonds is 5. The number of hydrogen-bond acceptors (Lipinski definition) is 5. The lowest BCUT2D eigenvalue weighted by Gasteiger charge is -2.39. The van der Waals surface area contributed by atoms with Gasteiger partial charge in [-0.25, -0.2) is 9.64 Å². The average molecular weight is 458 g/mol. The molecule has 0 unspecified atom stereocenters. The first-order valence-electron chi connectivity index (χ1n) is 10.4. The van der Waals surface area contributed by atoms with Crippen molar-refractivity contribution in [3.8, 4) is 5.75 Å². The molecule has 1 fully saturated rings. The van der Waals surface area contributed by atoms with Crippen molar-refractivity contribution in [1.29, 1.82) is 0 Å². The van der Waals surface area contributed by atoms with Crippen LogP contribution in [0.2, 0.25) is 0 Å². The van der Waals surface area contributed by atoms with Crippen LogP contribution in [0.15, 0.2) is 57.7 Å². The van der Waals surface area contributed by atoms with Gasteiger partial charge in [0.1, 0.15) is 11.3 Å². The maximum atomic E-state index is 13.3. The van der Waals surface area contributed by atoms with Gasteiger partial charge in [0.05, 0.1) is 24.3 Å². The van der Waals surface area contributed by atoms with Crippen molar-refractivity contribution in [2.24, 2.45) is 0 Å². The van der Waals surface area contributed by atoms with Crippen molar-refractivity contribution in [2.75, 3.05) is 24.6 Å². The summed E-state index contributed by atoms with van der Waals surface area (Å²) < 4.78 is 50.6. The summed E-state index contributed by atoms with van der Waals surface area (Å²) >= 11 is 0. The van der Waals surface area contributed by atoms with E-state index in [1.165, 1.54) is 18.2 Å². The van der Waals surface area contributed by atoms with Crippen molar-refractivity contribution in [2.45, 2.75) is 31.0 Å². The Bertz CT molecular complexity index is 1260. The number of alkyl halides is 3. The Hall–Kier alpha value is -3.51. The maximum absolute atomic E-state index is 13.3. The van der Waals surface area contributed by atoms with Crippen LogP contribution in [0.1, 0.15) is 24.8 Å². The molecular weight excluding hydrogens is 437 g/mol. The fourth-order valence-corrected chi connectivity index (χ4v) is 3.98. The summed E-state index contributed by atoms with van der Waals surface area (Å²) in [7, 11) is 0. The lowest BCUT2D eigenvalue weighted by molar-refractivity contribution is -0.136. The van der Waals surface area contributed by atoms with E-state index in [9.17, 15) is 23.1 Å². The van der Waals surface area contributed by atoms with Crippen molar-refractivity contribution in [3.63, 3.8) is 0 Å². The molecule has 33 heavy (non-hydrogen) atoms. The molecule has 0 saturated carbocycles. The molecular formula is C24H21F3N2O4. The predicted octanol–water partition coefficient (Wildman–Crippen LogP) is 5.16. The summed E-state index contributed by atoms with van der Waals surface area (Å²) in [4.78, 5) is 16.0. The van der Waals surface area contributed by atoms with E-state index in [4.69, 9.17) is 15.7 Å². The molecule has 0 bridgehead atoms. The van der Waals surface area contributed by atoms with E-state index in [0.717, 1.165) is 11.5 Å². The van der Waals surface area contributed by atoms with Crippen LogP contribution in [0.3, 0.4) is 0 Å². The molecule has 1 aliphatic heterocycles. The minimum absolute atomic E-state index is 0.261. The normalized spacial score (nSPS) is 15.9. The Morgan fingerprint density at radius 2 is 1.88 bits per heavy atom. The van der Waals surface area contributed by atoms with E-state index < -0.39 is 28.7 Å². The molecule has 0 aliphatic carbocycles. The van der Waals surface area contributed by atoms with Crippen LogP contribution in [0, 0.1) is 6.57 Å². The lowest BCUT2D eigenvalue weighted by atomic mass is 9.88. The van der Waals surface area contributed by atoms with Crippen molar-refractivity contribution in [3.05, 3.63) is 75.9 Å². The number of benzene rings is 2. The number of aliphatic hydroxyl groups is 1. The average Bonchev–Trinajstić information content (AvgIpc) is 2.78. The first kappa shape index (κ1) is 22.7. The zero-order valence-electron chi connectivity index (χ0n) is 17.6. The second-order valence-electron chi connectivity index (χ2n) is 8.07. The van der Waals surface area contributed by atoms with Crippen LogP contribution in [-0.4, -0.2) is 30.4 Å². The number of nitrogens with zero attached hydrogens (tertiary/aromatic N) is 2. The monoisotopic (exact) mass is 458 g/mol. The van der Waals surface area contributed by atoms with Gasteiger partial charge in [0.25, 0.3) is 0 Å². The number of fused-ring (bicyclic) bond motifs is 1. The molecule has 1 aromatic heterocycles. The molecule has 0 radical (unpaired) electrons. The summed E-state index contributed by atoms with van der Waals surface area (Å²) in [5, 5.41) is 11.6. The molecule has 2 heterocycles. The number of anilines is 1. The third-order valence-electron chi connectivity index (χ3n) is 5.89. The Kier molecular flexibility index (Phi) is 6.04. The van der Waals surface area contributed by atoms with Crippen LogP contribution >= 0.6 is 0 Å². The SMILES string of the molecule is [C-]#[N+]c1ccc(N2CCC(O)(CCOc3ccc4oc(=O)ccc4c3)CC2)cc1C(F)(F)F. The van der Waals surface area contributed by atoms with Crippen LogP contribution in [-0.2, 0) is 6.18 Å². The predicted molar refractivity (Wildman–Crippen MR) is 117 cm³/mol. The van der Waals surface area contributed by atoms with Gasteiger partial charge < -0.3 is 19.2 Å². The lowest BCUT2D eigenvalue weighted by Crippen LogP contribution is -2.45. The van der Waals surface area contributed by atoms with Crippen molar-refractivity contribution < 1.29 is 27.4 Å². The fourth-order valence-electron chi connectivity index (χ4n) is 3.98. The molecule has 6 nitrogen and oxygen atoms in total. The standard InChI is InChI=1S/C24H21F3N2O4/c1-28-20-5-3-17(15-19(20)24(25,26)27)29-11-8-23(31,9-12-29)10-13-32-18-4-6-21-16(14-18)2-7-22(30)33-21/h2-7,14-15,31H,8-13H2. The maximum Gasteiger partial charge on any atom is 0.407 e. The van der Waals surface area contributed by atoms with Crippen molar-refractivity contribution >= 4 is 22.3 Å². The molecule has 172 valence electrons. The molecule has 0 spiro atoms. The smallest absolute Gasteiger partial charge is 0.407 e. The van der Waals surface area contributed by atoms with Crippen LogP contribution in [0.5, 0.6) is 5.75 Å². The van der Waals surface area contributed by atoms with E-state index >= 15 is 0 Å². The Morgan fingerprint density at radius 3 is 2.58 bits per heavy atom. The van der Waals surface area contributed by atoms with Gasteiger partial charge in [-0.05, 0) is 49.2 Å². The molecule has 4 rings (SSSR count). The van der Waals surface area contributed by atoms with Gasteiger partial charge in [0.15, 0.2) is 5.69 Å². The van der Waals surface area contributed by atoms with Crippen LogP contribution < -0.4 is 15.3 Å². The second kappa shape index (κ2) is 8.79. The van der Waals surface area contributed by atoms with Gasteiger partial charge >= 0.3 is 11.8 Å². The summed E-state index contributed by atoms with van der Waals surface area (Å²) in [5.74, 6) is 0.581. The zero-order valence-corrected chi connectivity index (χ0v) is 17.6. The van der Waals surface area contributed by atoms with E-state index in [-0.39, 0.29) is 6.61 Å². The minimum atomic E-state index is -4.60. The van der Waals surface area contributed by atoms with Gasteiger partial charge in [-0.3, -0.25) is 0 Å². The summed E-state index contributed by atoms with van der Waals surface area (Å²) in [5.41, 5.74) is -1.94. The molecule has 1 aliphatic rings. The Labute approximate surface area is 187 Å². The third-order valence-corrected chi connectivity index (χ3v) is 5.89. The third kappa shape index (κ3) is 5.12. The summed E-state index contributed by atoms with van der Waals surface area (Å²) in [6.07, 6.45) is -3.47. The number of ether oxygens (including phenoxy) is 1. The van der Waals surface area contributed by atoms with Crippen molar-refractivity contribution in [1.82, 2.24) is 0 Å². The first-order valence-corrected chi connectivity index (χ1v) is 10.4. The van der Waals surface area contributed by atoms with Gasteiger partial charge in [0.2, 0.25) is 0 Å². The largest absolute Gasteiger partial charge is 0.493 e. The quantitative estimate of drug-likeness (QED) is 0.423. The molecule has 3 aromatic rings. The topological polar surface area (TPSA) is 67.3 Å². The van der Waals surface area contributed by atoms with E-state index in [0.29, 0.717) is 49.4 Å². The van der Waals surface area contributed by atoms with Gasteiger partial charge in [0, 0.05) is 36.7 Å². The highest BCUT2D eigenvalue weighted by molar-refractivity contribution is 5.77. The molecule has 9 heteroatoms. The van der Waals surface area contributed by atoms with Gasteiger partial charge in [-0.15, -0.1) is 0 Å². The number of halogens is 3. The highest BCUT2D eigenvalue weighted by Gasteiger charge is 2.36.